The number of aromatic nitrogens is 1. The maximum Gasteiger partial charge on any atom is 0.337 e. The molecule has 22 heavy (non-hydrogen) atoms. The SMILES string of the molecule is COC(=O)c1ccc2c(c1)c1c(n2CCC(C)N)CCCC1. The number of aryl methyl sites for hydroxylation is 2. The van der Waals surface area contributed by atoms with Crippen molar-refractivity contribution in [1.82, 2.24) is 4.57 Å². The molecule has 1 atom stereocenters. The van der Waals surface area contributed by atoms with Crippen LogP contribution >= 0.6 is 0 Å². The number of methoxy groups -OCH3 is 1. The molecule has 0 spiro atoms. The van der Waals surface area contributed by atoms with Gasteiger partial charge in [-0.15, -0.1) is 0 Å². The van der Waals surface area contributed by atoms with Crippen LogP contribution in [0, 0.1) is 0 Å². The summed E-state index contributed by atoms with van der Waals surface area (Å²) in [4.78, 5) is 11.8. The molecule has 0 radical (unpaired) electrons. The van der Waals surface area contributed by atoms with E-state index in [9.17, 15) is 4.79 Å². The van der Waals surface area contributed by atoms with Crippen LogP contribution < -0.4 is 5.73 Å². The van der Waals surface area contributed by atoms with Crippen molar-refractivity contribution >= 4 is 16.9 Å². The van der Waals surface area contributed by atoms with Crippen LogP contribution in [0.2, 0.25) is 0 Å². The van der Waals surface area contributed by atoms with E-state index in [0.29, 0.717) is 5.56 Å². The molecule has 0 saturated heterocycles. The maximum atomic E-state index is 11.8. The predicted molar refractivity (Wildman–Crippen MR) is 88.2 cm³/mol. The van der Waals surface area contributed by atoms with Crippen molar-refractivity contribution in [1.29, 1.82) is 0 Å². The molecule has 1 heterocycles. The number of nitrogens with zero attached hydrogens (tertiary/aromatic N) is 1. The quantitative estimate of drug-likeness (QED) is 0.883. The number of carbonyl (C=O) groups excluding carboxylic acids is 1. The number of fused-ring (bicyclic) bond motifs is 3. The van der Waals surface area contributed by atoms with Crippen LogP contribution in [-0.2, 0) is 24.1 Å². The van der Waals surface area contributed by atoms with Crippen molar-refractivity contribution in [3.05, 3.63) is 35.0 Å². The van der Waals surface area contributed by atoms with E-state index in [2.05, 4.69) is 10.6 Å². The van der Waals surface area contributed by atoms with Gasteiger partial charge in [0.05, 0.1) is 12.7 Å². The van der Waals surface area contributed by atoms with Gasteiger partial charge in [0.25, 0.3) is 0 Å². The predicted octanol–water partition coefficient (Wildman–Crippen LogP) is 3.04. The highest BCUT2D eigenvalue weighted by molar-refractivity contribution is 5.96. The van der Waals surface area contributed by atoms with Crippen molar-refractivity contribution in [2.75, 3.05) is 7.11 Å². The summed E-state index contributed by atoms with van der Waals surface area (Å²) < 4.78 is 7.26. The van der Waals surface area contributed by atoms with E-state index in [1.54, 1.807) is 0 Å². The van der Waals surface area contributed by atoms with Crippen molar-refractivity contribution in [2.45, 2.75) is 51.6 Å². The average Bonchev–Trinajstić information content (AvgIpc) is 2.85. The van der Waals surface area contributed by atoms with Crippen LogP contribution in [0.5, 0.6) is 0 Å². The summed E-state index contributed by atoms with van der Waals surface area (Å²) in [7, 11) is 1.43. The Labute approximate surface area is 131 Å². The van der Waals surface area contributed by atoms with Gasteiger partial charge in [-0.25, -0.2) is 4.79 Å². The smallest absolute Gasteiger partial charge is 0.337 e. The largest absolute Gasteiger partial charge is 0.465 e. The van der Waals surface area contributed by atoms with Crippen molar-refractivity contribution in [3.8, 4) is 0 Å². The van der Waals surface area contributed by atoms with E-state index in [4.69, 9.17) is 10.5 Å². The van der Waals surface area contributed by atoms with Crippen molar-refractivity contribution in [2.24, 2.45) is 5.73 Å². The molecule has 1 aromatic carbocycles. The summed E-state index contributed by atoms with van der Waals surface area (Å²) in [6, 6.07) is 6.11. The first kappa shape index (κ1) is 15.1. The summed E-state index contributed by atoms with van der Waals surface area (Å²) in [5.74, 6) is -0.269. The number of nitrogens with two attached hydrogens (primary N) is 1. The lowest BCUT2D eigenvalue weighted by Gasteiger charge is -2.16. The number of ether oxygens (including phenoxy) is 1. The summed E-state index contributed by atoms with van der Waals surface area (Å²) in [5, 5.41) is 1.21. The van der Waals surface area contributed by atoms with Gasteiger partial charge in [-0.1, -0.05) is 0 Å². The first-order chi connectivity index (χ1) is 10.6. The second-order valence-electron chi connectivity index (χ2n) is 6.27. The fraction of sp³-hybridized carbons (Fsp3) is 0.500. The van der Waals surface area contributed by atoms with Gasteiger partial charge in [0.1, 0.15) is 0 Å². The van der Waals surface area contributed by atoms with Gasteiger partial charge in [-0.3, -0.25) is 0 Å². The van der Waals surface area contributed by atoms with E-state index < -0.39 is 0 Å². The van der Waals surface area contributed by atoms with E-state index in [1.807, 2.05) is 19.1 Å². The van der Waals surface area contributed by atoms with Crippen molar-refractivity contribution in [3.63, 3.8) is 0 Å². The fourth-order valence-electron chi connectivity index (χ4n) is 3.47. The molecule has 0 saturated carbocycles. The maximum absolute atomic E-state index is 11.8. The Kier molecular flexibility index (Phi) is 4.21. The van der Waals surface area contributed by atoms with Crippen LogP contribution in [0.3, 0.4) is 0 Å². The fourth-order valence-corrected chi connectivity index (χ4v) is 3.47. The first-order valence-electron chi connectivity index (χ1n) is 8.09. The van der Waals surface area contributed by atoms with Crippen LogP contribution in [0.25, 0.3) is 10.9 Å². The van der Waals surface area contributed by atoms with Crippen LogP contribution in [0.1, 0.15) is 47.8 Å². The molecule has 3 rings (SSSR count). The number of esters is 1. The van der Waals surface area contributed by atoms with E-state index in [-0.39, 0.29) is 12.0 Å². The lowest BCUT2D eigenvalue weighted by Crippen LogP contribution is -2.18. The van der Waals surface area contributed by atoms with Gasteiger partial charge in [0, 0.05) is 29.2 Å². The molecule has 1 unspecified atom stereocenters. The topological polar surface area (TPSA) is 57.2 Å². The molecule has 1 aliphatic carbocycles. The summed E-state index contributed by atoms with van der Waals surface area (Å²) in [5.41, 5.74) is 10.6. The lowest BCUT2D eigenvalue weighted by atomic mass is 9.95. The van der Waals surface area contributed by atoms with Gasteiger partial charge in [-0.2, -0.15) is 0 Å². The molecule has 0 fully saturated rings. The minimum atomic E-state index is -0.269. The molecular weight excluding hydrogens is 276 g/mol. The third-order valence-corrected chi connectivity index (χ3v) is 4.61. The monoisotopic (exact) mass is 300 g/mol. The molecule has 1 aliphatic rings. The van der Waals surface area contributed by atoms with E-state index in [1.165, 1.54) is 42.1 Å². The highest BCUT2D eigenvalue weighted by Crippen LogP contribution is 2.33. The highest BCUT2D eigenvalue weighted by atomic mass is 16.5. The van der Waals surface area contributed by atoms with Gasteiger partial charge in [0.15, 0.2) is 0 Å². The van der Waals surface area contributed by atoms with Crippen molar-refractivity contribution < 1.29 is 9.53 Å². The number of rotatable bonds is 4. The summed E-state index contributed by atoms with van der Waals surface area (Å²) in [6.45, 7) is 2.99. The molecule has 118 valence electrons. The molecule has 0 aliphatic heterocycles. The summed E-state index contributed by atoms with van der Waals surface area (Å²) >= 11 is 0. The van der Waals surface area contributed by atoms with Crippen LogP contribution in [0.4, 0.5) is 0 Å². The van der Waals surface area contributed by atoms with E-state index >= 15 is 0 Å². The number of hydrogen-bond acceptors (Lipinski definition) is 3. The molecule has 0 amide bonds. The Morgan fingerprint density at radius 2 is 2.14 bits per heavy atom. The lowest BCUT2D eigenvalue weighted by molar-refractivity contribution is 0.0601. The molecule has 2 aromatic rings. The minimum Gasteiger partial charge on any atom is -0.465 e. The van der Waals surface area contributed by atoms with Gasteiger partial charge >= 0.3 is 5.97 Å². The van der Waals surface area contributed by atoms with Gasteiger partial charge < -0.3 is 15.0 Å². The molecule has 1 aromatic heterocycles. The highest BCUT2D eigenvalue weighted by Gasteiger charge is 2.21. The number of carbonyl (C=O) groups is 1. The Morgan fingerprint density at radius 1 is 1.36 bits per heavy atom. The minimum absolute atomic E-state index is 0.200. The average molecular weight is 300 g/mol. The Morgan fingerprint density at radius 3 is 2.86 bits per heavy atom. The zero-order valence-corrected chi connectivity index (χ0v) is 13.4. The molecule has 4 heteroatoms. The van der Waals surface area contributed by atoms with E-state index in [0.717, 1.165) is 25.8 Å². The number of hydrogen-bond donors (Lipinski definition) is 1. The normalized spacial score (nSPS) is 15.6. The van der Waals surface area contributed by atoms with Crippen LogP contribution in [-0.4, -0.2) is 23.7 Å². The summed E-state index contributed by atoms with van der Waals surface area (Å²) in [6.07, 6.45) is 5.65. The Hall–Kier alpha value is -1.81. The zero-order chi connectivity index (χ0) is 15.7. The molecule has 4 nitrogen and oxygen atoms in total. The third kappa shape index (κ3) is 2.63. The molecule has 2 N–H and O–H groups in total. The van der Waals surface area contributed by atoms with Gasteiger partial charge in [0.2, 0.25) is 0 Å². The standard InChI is InChI=1S/C18H24N2O2/c1-12(19)9-10-20-16-6-4-3-5-14(16)15-11-13(18(21)22-2)7-8-17(15)20/h7-8,11-12H,3-6,9-10,19H2,1-2H3. The number of benzene rings is 1. The second-order valence-corrected chi connectivity index (χ2v) is 6.27. The molecule has 0 bridgehead atoms. The zero-order valence-electron chi connectivity index (χ0n) is 13.4. The van der Waals surface area contributed by atoms with Gasteiger partial charge in [-0.05, 0) is 62.8 Å². The Balaban J connectivity index is 2.11. The third-order valence-electron chi connectivity index (χ3n) is 4.61. The van der Waals surface area contributed by atoms with Crippen LogP contribution in [0.15, 0.2) is 18.2 Å². The second kappa shape index (κ2) is 6.13. The molecular formula is C18H24N2O2. The Bertz CT molecular complexity index is 701. The first-order valence-corrected chi connectivity index (χ1v) is 8.09.